The molecular formula is C14H10BrN3O3. The zero-order valence-electron chi connectivity index (χ0n) is 10.7. The molecule has 1 aromatic carbocycles. The van der Waals surface area contributed by atoms with Gasteiger partial charge < -0.3 is 15.4 Å². The number of halogens is 1. The van der Waals surface area contributed by atoms with Crippen LogP contribution < -0.4 is 15.4 Å². The maximum absolute atomic E-state index is 12.1. The number of carbonyl (C=O) groups excluding carboxylic acids is 2. The SMILES string of the molecule is O=C1COc2ccc(NC(=O)c3ccc(Br)nc3)cc2N1. The highest BCUT2D eigenvalue weighted by molar-refractivity contribution is 9.10. The van der Waals surface area contributed by atoms with Crippen molar-refractivity contribution in [3.63, 3.8) is 0 Å². The number of hydrogen-bond acceptors (Lipinski definition) is 4. The quantitative estimate of drug-likeness (QED) is 0.817. The van der Waals surface area contributed by atoms with Crippen LogP contribution in [0.4, 0.5) is 11.4 Å². The molecule has 0 saturated heterocycles. The van der Waals surface area contributed by atoms with Crippen molar-refractivity contribution >= 4 is 39.1 Å². The minimum absolute atomic E-state index is 0.00324. The Kier molecular flexibility index (Phi) is 3.57. The Hall–Kier alpha value is -2.41. The fraction of sp³-hybridized carbons (Fsp3) is 0.0714. The molecule has 0 atom stereocenters. The Morgan fingerprint density at radius 1 is 1.33 bits per heavy atom. The average Bonchev–Trinajstić information content (AvgIpc) is 2.47. The summed E-state index contributed by atoms with van der Waals surface area (Å²) < 4.78 is 5.91. The standard InChI is InChI=1S/C14H10BrN3O3/c15-12-4-1-8(6-16-12)14(20)17-9-2-3-11-10(5-9)18-13(19)7-21-11/h1-6H,7H2,(H,17,20)(H,18,19). The first kappa shape index (κ1) is 13.6. The largest absolute Gasteiger partial charge is 0.482 e. The van der Waals surface area contributed by atoms with Gasteiger partial charge in [-0.1, -0.05) is 0 Å². The summed E-state index contributed by atoms with van der Waals surface area (Å²) in [5, 5.41) is 5.43. The fourth-order valence-electron chi connectivity index (χ4n) is 1.87. The third kappa shape index (κ3) is 3.03. The number of fused-ring (bicyclic) bond motifs is 1. The van der Waals surface area contributed by atoms with Crippen molar-refractivity contribution in [2.45, 2.75) is 0 Å². The van der Waals surface area contributed by atoms with Crippen LogP contribution in [0, 0.1) is 0 Å². The van der Waals surface area contributed by atoms with Crippen molar-refractivity contribution in [2.75, 3.05) is 17.2 Å². The van der Waals surface area contributed by atoms with E-state index in [1.807, 2.05) is 0 Å². The first-order chi connectivity index (χ1) is 10.1. The van der Waals surface area contributed by atoms with Crippen LogP contribution in [0.1, 0.15) is 10.4 Å². The number of nitrogens with one attached hydrogen (secondary N) is 2. The van der Waals surface area contributed by atoms with Crippen molar-refractivity contribution < 1.29 is 14.3 Å². The number of anilines is 2. The minimum atomic E-state index is -0.280. The molecule has 1 aromatic heterocycles. The van der Waals surface area contributed by atoms with Crippen LogP contribution in [0.15, 0.2) is 41.1 Å². The number of pyridine rings is 1. The minimum Gasteiger partial charge on any atom is -0.482 e. The van der Waals surface area contributed by atoms with Crippen LogP contribution >= 0.6 is 15.9 Å². The molecule has 1 aliphatic rings. The van der Waals surface area contributed by atoms with Gasteiger partial charge in [-0.2, -0.15) is 0 Å². The molecule has 6 nitrogen and oxygen atoms in total. The van der Waals surface area contributed by atoms with Gasteiger partial charge in [0.1, 0.15) is 10.4 Å². The lowest BCUT2D eigenvalue weighted by Gasteiger charge is -2.18. The molecule has 7 heteroatoms. The molecule has 0 unspecified atom stereocenters. The Bertz CT molecular complexity index is 716. The van der Waals surface area contributed by atoms with E-state index in [1.54, 1.807) is 30.3 Å². The van der Waals surface area contributed by atoms with E-state index in [2.05, 4.69) is 31.5 Å². The maximum atomic E-state index is 12.1. The van der Waals surface area contributed by atoms with Crippen molar-refractivity contribution in [3.8, 4) is 5.75 Å². The van der Waals surface area contributed by atoms with Gasteiger partial charge in [-0.25, -0.2) is 4.98 Å². The van der Waals surface area contributed by atoms with E-state index < -0.39 is 0 Å². The van der Waals surface area contributed by atoms with E-state index in [-0.39, 0.29) is 18.4 Å². The number of nitrogens with zero attached hydrogens (tertiary/aromatic N) is 1. The number of benzene rings is 1. The molecule has 0 aliphatic carbocycles. The summed E-state index contributed by atoms with van der Waals surface area (Å²) in [6.45, 7) is 0.00324. The molecule has 2 N–H and O–H groups in total. The van der Waals surface area contributed by atoms with Gasteiger partial charge in [0, 0.05) is 11.9 Å². The van der Waals surface area contributed by atoms with Crippen LogP contribution in [0.5, 0.6) is 5.75 Å². The summed E-state index contributed by atoms with van der Waals surface area (Å²) in [6.07, 6.45) is 1.47. The van der Waals surface area contributed by atoms with Crippen LogP contribution in [0.25, 0.3) is 0 Å². The molecule has 0 saturated carbocycles. The van der Waals surface area contributed by atoms with Crippen molar-refractivity contribution in [1.29, 1.82) is 0 Å². The van der Waals surface area contributed by atoms with Gasteiger partial charge >= 0.3 is 0 Å². The third-order valence-corrected chi connectivity index (χ3v) is 3.33. The van der Waals surface area contributed by atoms with Gasteiger partial charge in [-0.15, -0.1) is 0 Å². The highest BCUT2D eigenvalue weighted by Gasteiger charge is 2.16. The Morgan fingerprint density at radius 2 is 2.19 bits per heavy atom. The smallest absolute Gasteiger partial charge is 0.262 e. The lowest BCUT2D eigenvalue weighted by Crippen LogP contribution is -2.25. The van der Waals surface area contributed by atoms with E-state index >= 15 is 0 Å². The van der Waals surface area contributed by atoms with Crippen LogP contribution in [0.3, 0.4) is 0 Å². The maximum Gasteiger partial charge on any atom is 0.262 e. The van der Waals surface area contributed by atoms with Crippen LogP contribution in [-0.2, 0) is 4.79 Å². The third-order valence-electron chi connectivity index (χ3n) is 2.86. The molecule has 1 aliphatic heterocycles. The first-order valence-corrected chi connectivity index (χ1v) is 6.91. The summed E-state index contributed by atoms with van der Waals surface area (Å²) in [6, 6.07) is 8.41. The molecule has 106 valence electrons. The number of ether oxygens (including phenoxy) is 1. The lowest BCUT2D eigenvalue weighted by atomic mass is 10.2. The van der Waals surface area contributed by atoms with Crippen molar-refractivity contribution in [3.05, 3.63) is 46.7 Å². The summed E-state index contributed by atoms with van der Waals surface area (Å²) >= 11 is 3.21. The molecular weight excluding hydrogens is 338 g/mol. The summed E-state index contributed by atoms with van der Waals surface area (Å²) in [7, 11) is 0. The zero-order chi connectivity index (χ0) is 14.8. The molecule has 3 rings (SSSR count). The van der Waals surface area contributed by atoms with Gasteiger partial charge in [0.15, 0.2) is 6.61 Å². The Morgan fingerprint density at radius 3 is 2.95 bits per heavy atom. The second kappa shape index (κ2) is 5.53. The normalized spacial score (nSPS) is 12.9. The number of carbonyl (C=O) groups is 2. The topological polar surface area (TPSA) is 80.3 Å². The molecule has 2 amide bonds. The van der Waals surface area contributed by atoms with Crippen molar-refractivity contribution in [1.82, 2.24) is 4.98 Å². The van der Waals surface area contributed by atoms with Gasteiger partial charge in [-0.05, 0) is 46.3 Å². The fourth-order valence-corrected chi connectivity index (χ4v) is 2.11. The van der Waals surface area contributed by atoms with Crippen LogP contribution in [-0.4, -0.2) is 23.4 Å². The zero-order valence-corrected chi connectivity index (χ0v) is 12.3. The van der Waals surface area contributed by atoms with Gasteiger partial charge in [0.05, 0.1) is 11.3 Å². The molecule has 0 fully saturated rings. The number of aromatic nitrogens is 1. The second-order valence-corrected chi connectivity index (χ2v) is 5.18. The molecule has 0 radical (unpaired) electrons. The molecule has 0 bridgehead atoms. The molecule has 2 aromatic rings. The van der Waals surface area contributed by atoms with E-state index in [9.17, 15) is 9.59 Å². The predicted molar refractivity (Wildman–Crippen MR) is 80.5 cm³/mol. The highest BCUT2D eigenvalue weighted by Crippen LogP contribution is 2.30. The predicted octanol–water partition coefficient (Wildman–Crippen LogP) is 2.43. The summed E-state index contributed by atoms with van der Waals surface area (Å²) in [5.74, 6) is 0.0824. The lowest BCUT2D eigenvalue weighted by molar-refractivity contribution is -0.118. The number of rotatable bonds is 2. The first-order valence-electron chi connectivity index (χ1n) is 6.11. The molecule has 21 heavy (non-hydrogen) atoms. The second-order valence-electron chi connectivity index (χ2n) is 4.37. The van der Waals surface area contributed by atoms with Gasteiger partial charge in [0.2, 0.25) is 0 Å². The van der Waals surface area contributed by atoms with Crippen molar-refractivity contribution in [2.24, 2.45) is 0 Å². The number of hydrogen-bond donors (Lipinski definition) is 2. The Labute approximate surface area is 128 Å². The van der Waals surface area contributed by atoms with E-state index in [4.69, 9.17) is 4.74 Å². The molecule has 2 heterocycles. The average molecular weight is 348 g/mol. The van der Waals surface area contributed by atoms with Gasteiger partial charge in [0.25, 0.3) is 11.8 Å². The summed E-state index contributed by atoms with van der Waals surface area (Å²) in [5.41, 5.74) is 1.54. The van der Waals surface area contributed by atoms with E-state index in [1.165, 1.54) is 6.20 Å². The van der Waals surface area contributed by atoms with E-state index in [0.29, 0.717) is 27.3 Å². The van der Waals surface area contributed by atoms with E-state index in [0.717, 1.165) is 0 Å². The number of amides is 2. The highest BCUT2D eigenvalue weighted by atomic mass is 79.9. The Balaban J connectivity index is 1.79. The monoisotopic (exact) mass is 347 g/mol. The van der Waals surface area contributed by atoms with Gasteiger partial charge in [-0.3, -0.25) is 9.59 Å². The molecule has 0 spiro atoms. The summed E-state index contributed by atoms with van der Waals surface area (Å²) in [4.78, 5) is 27.4. The van der Waals surface area contributed by atoms with Crippen LogP contribution in [0.2, 0.25) is 0 Å².